The first-order valence-corrected chi connectivity index (χ1v) is 9.67. The molecule has 0 radical (unpaired) electrons. The summed E-state index contributed by atoms with van der Waals surface area (Å²) in [6.07, 6.45) is 4.63. The number of thioether (sulfide) groups is 1. The van der Waals surface area contributed by atoms with Crippen LogP contribution in [0.15, 0.2) is 35.4 Å². The van der Waals surface area contributed by atoms with E-state index in [-0.39, 0.29) is 6.61 Å². The lowest BCUT2D eigenvalue weighted by Crippen LogP contribution is -2.12. The van der Waals surface area contributed by atoms with Crippen molar-refractivity contribution in [3.63, 3.8) is 0 Å². The predicted octanol–water partition coefficient (Wildman–Crippen LogP) is 3.96. The first-order chi connectivity index (χ1) is 12.7. The number of hydrogen-bond acceptors (Lipinski definition) is 6. The van der Waals surface area contributed by atoms with Crippen LogP contribution >= 0.6 is 11.8 Å². The zero-order valence-electron chi connectivity index (χ0n) is 14.8. The van der Waals surface area contributed by atoms with E-state index in [2.05, 4.69) is 11.1 Å². The van der Waals surface area contributed by atoms with E-state index in [1.165, 1.54) is 11.8 Å². The van der Waals surface area contributed by atoms with Crippen molar-refractivity contribution in [3.05, 3.63) is 52.7 Å². The van der Waals surface area contributed by atoms with Gasteiger partial charge in [0.25, 0.3) is 0 Å². The van der Waals surface area contributed by atoms with Crippen LogP contribution in [0, 0.1) is 11.3 Å². The standard InChI is InChI=1S/C20H20N2O3S/c1-24-15-7-3-13(4-8-15)9-10-25-20(23)16-11-18(14-5-6-14)22-19(26-2)17(16)12-21/h3-4,7-8,11,14H,5-6,9-10H2,1-2H3. The van der Waals surface area contributed by atoms with Crippen molar-refractivity contribution in [1.82, 2.24) is 4.98 Å². The third kappa shape index (κ3) is 4.17. The zero-order valence-corrected chi connectivity index (χ0v) is 15.6. The number of ether oxygens (including phenoxy) is 2. The monoisotopic (exact) mass is 368 g/mol. The van der Waals surface area contributed by atoms with Crippen LogP contribution in [0.25, 0.3) is 0 Å². The second-order valence-corrected chi connectivity index (χ2v) is 6.89. The average Bonchev–Trinajstić information content (AvgIpc) is 3.52. The molecule has 3 rings (SSSR count). The van der Waals surface area contributed by atoms with Gasteiger partial charge in [0.2, 0.25) is 0 Å². The van der Waals surface area contributed by atoms with Crippen LogP contribution in [0.5, 0.6) is 5.75 Å². The fourth-order valence-corrected chi connectivity index (χ4v) is 3.23. The molecule has 0 N–H and O–H groups in total. The summed E-state index contributed by atoms with van der Waals surface area (Å²) in [4.78, 5) is 17.1. The Labute approximate surface area is 157 Å². The third-order valence-electron chi connectivity index (χ3n) is 4.31. The molecule has 1 saturated carbocycles. The molecule has 0 unspecified atom stereocenters. The largest absolute Gasteiger partial charge is 0.497 e. The van der Waals surface area contributed by atoms with Gasteiger partial charge in [0.05, 0.1) is 24.8 Å². The number of hydrogen-bond donors (Lipinski definition) is 0. The fraction of sp³-hybridized carbons (Fsp3) is 0.350. The number of esters is 1. The Morgan fingerprint density at radius 1 is 1.35 bits per heavy atom. The van der Waals surface area contributed by atoms with Gasteiger partial charge in [-0.15, -0.1) is 11.8 Å². The van der Waals surface area contributed by atoms with Crippen LogP contribution < -0.4 is 4.74 Å². The van der Waals surface area contributed by atoms with Gasteiger partial charge in [-0.3, -0.25) is 0 Å². The van der Waals surface area contributed by atoms with Gasteiger partial charge in [0.1, 0.15) is 16.8 Å². The van der Waals surface area contributed by atoms with E-state index in [0.717, 1.165) is 29.8 Å². The van der Waals surface area contributed by atoms with Crippen molar-refractivity contribution in [1.29, 1.82) is 5.26 Å². The van der Waals surface area contributed by atoms with E-state index >= 15 is 0 Å². The summed E-state index contributed by atoms with van der Waals surface area (Å²) in [5.41, 5.74) is 2.56. The van der Waals surface area contributed by atoms with E-state index in [1.807, 2.05) is 30.5 Å². The molecule has 1 aliphatic rings. The van der Waals surface area contributed by atoms with Crippen molar-refractivity contribution >= 4 is 17.7 Å². The molecule has 5 nitrogen and oxygen atoms in total. The van der Waals surface area contributed by atoms with Gasteiger partial charge in [-0.25, -0.2) is 9.78 Å². The molecule has 0 bridgehead atoms. The minimum atomic E-state index is -0.463. The van der Waals surface area contributed by atoms with Gasteiger partial charge in [0.15, 0.2) is 0 Å². The first-order valence-electron chi connectivity index (χ1n) is 8.45. The number of nitrogens with zero attached hydrogens (tertiary/aromatic N) is 2. The second-order valence-electron chi connectivity index (χ2n) is 6.10. The molecule has 0 spiro atoms. The number of carbonyl (C=O) groups is 1. The number of benzene rings is 1. The highest BCUT2D eigenvalue weighted by Crippen LogP contribution is 2.40. The normalized spacial score (nSPS) is 13.1. The highest BCUT2D eigenvalue weighted by molar-refractivity contribution is 7.98. The molecule has 1 aliphatic carbocycles. The lowest BCUT2D eigenvalue weighted by molar-refractivity contribution is 0.0508. The summed E-state index contributed by atoms with van der Waals surface area (Å²) >= 11 is 1.38. The van der Waals surface area contributed by atoms with Crippen LogP contribution in [-0.4, -0.2) is 30.9 Å². The Kier molecular flexibility index (Phi) is 5.79. The summed E-state index contributed by atoms with van der Waals surface area (Å²) in [7, 11) is 1.62. The van der Waals surface area contributed by atoms with Gasteiger partial charge in [-0.1, -0.05) is 12.1 Å². The van der Waals surface area contributed by atoms with Gasteiger partial charge in [0, 0.05) is 18.0 Å². The zero-order chi connectivity index (χ0) is 18.5. The maximum absolute atomic E-state index is 12.5. The van der Waals surface area contributed by atoms with E-state index < -0.39 is 5.97 Å². The molecule has 1 fully saturated rings. The molecule has 0 saturated heterocycles. The maximum Gasteiger partial charge on any atom is 0.339 e. The van der Waals surface area contributed by atoms with Crippen molar-refractivity contribution in [3.8, 4) is 11.8 Å². The lowest BCUT2D eigenvalue weighted by Gasteiger charge is -2.11. The highest BCUT2D eigenvalue weighted by atomic mass is 32.2. The quantitative estimate of drug-likeness (QED) is 0.544. The number of pyridine rings is 1. The molecule has 1 heterocycles. The van der Waals surface area contributed by atoms with Gasteiger partial charge in [-0.05, 0) is 42.9 Å². The van der Waals surface area contributed by atoms with Crippen molar-refractivity contribution in [2.24, 2.45) is 0 Å². The molecular formula is C20H20N2O3S. The van der Waals surface area contributed by atoms with Crippen molar-refractivity contribution in [2.75, 3.05) is 20.0 Å². The summed E-state index contributed by atoms with van der Waals surface area (Å²) in [5, 5.41) is 10.1. The van der Waals surface area contributed by atoms with Crippen LogP contribution in [0.1, 0.15) is 45.9 Å². The Morgan fingerprint density at radius 3 is 2.65 bits per heavy atom. The molecule has 26 heavy (non-hydrogen) atoms. The summed E-state index contributed by atoms with van der Waals surface area (Å²) < 4.78 is 10.6. The topological polar surface area (TPSA) is 72.2 Å². The molecule has 6 heteroatoms. The molecule has 134 valence electrons. The Morgan fingerprint density at radius 2 is 2.08 bits per heavy atom. The Balaban J connectivity index is 1.70. The number of nitriles is 1. The molecule has 0 atom stereocenters. The van der Waals surface area contributed by atoms with Crippen LogP contribution in [-0.2, 0) is 11.2 Å². The van der Waals surface area contributed by atoms with Gasteiger partial charge < -0.3 is 9.47 Å². The van der Waals surface area contributed by atoms with Crippen molar-refractivity contribution in [2.45, 2.75) is 30.2 Å². The molecule has 0 aliphatic heterocycles. The molecular weight excluding hydrogens is 348 g/mol. The second kappa shape index (κ2) is 8.24. The highest BCUT2D eigenvalue weighted by Gasteiger charge is 2.28. The minimum Gasteiger partial charge on any atom is -0.497 e. The number of aromatic nitrogens is 1. The summed E-state index contributed by atoms with van der Waals surface area (Å²) in [5.74, 6) is 0.729. The molecule has 2 aromatic rings. The average molecular weight is 368 g/mol. The van der Waals surface area contributed by atoms with Crippen molar-refractivity contribution < 1.29 is 14.3 Å². The van der Waals surface area contributed by atoms with E-state index in [1.54, 1.807) is 13.2 Å². The predicted molar refractivity (Wildman–Crippen MR) is 99.7 cm³/mol. The molecule has 1 aromatic carbocycles. The number of carbonyl (C=O) groups excluding carboxylic acids is 1. The molecule has 0 amide bonds. The Bertz CT molecular complexity index is 839. The minimum absolute atomic E-state index is 0.256. The van der Waals surface area contributed by atoms with Crippen LogP contribution in [0.4, 0.5) is 0 Å². The van der Waals surface area contributed by atoms with Crippen LogP contribution in [0.2, 0.25) is 0 Å². The lowest BCUT2D eigenvalue weighted by atomic mass is 10.1. The van der Waals surface area contributed by atoms with E-state index in [9.17, 15) is 10.1 Å². The van der Waals surface area contributed by atoms with Crippen LogP contribution in [0.3, 0.4) is 0 Å². The Hall–Kier alpha value is -2.52. The van der Waals surface area contributed by atoms with E-state index in [4.69, 9.17) is 9.47 Å². The smallest absolute Gasteiger partial charge is 0.339 e. The number of rotatable bonds is 7. The SMILES string of the molecule is COc1ccc(CCOC(=O)c2cc(C3CC3)nc(SC)c2C#N)cc1. The summed E-state index contributed by atoms with van der Waals surface area (Å²) in [6.45, 7) is 0.256. The fourth-order valence-electron chi connectivity index (χ4n) is 2.68. The number of methoxy groups -OCH3 is 1. The third-order valence-corrected chi connectivity index (χ3v) is 4.99. The van der Waals surface area contributed by atoms with Gasteiger partial charge in [-0.2, -0.15) is 5.26 Å². The first kappa shape index (κ1) is 18.3. The maximum atomic E-state index is 12.5. The summed E-state index contributed by atoms with van der Waals surface area (Å²) in [6, 6.07) is 11.5. The van der Waals surface area contributed by atoms with E-state index in [0.29, 0.717) is 28.5 Å². The van der Waals surface area contributed by atoms with Gasteiger partial charge >= 0.3 is 5.97 Å². The molecule has 1 aromatic heterocycles.